The molecule has 2 aromatic carbocycles. The van der Waals surface area contributed by atoms with E-state index in [0.717, 1.165) is 0 Å². The monoisotopic (exact) mass is 400 g/mol. The van der Waals surface area contributed by atoms with Crippen LogP contribution >= 0.6 is 0 Å². The lowest BCUT2D eigenvalue weighted by Crippen LogP contribution is -2.50. The summed E-state index contributed by atoms with van der Waals surface area (Å²) in [6.07, 6.45) is 0. The smallest absolute Gasteiger partial charge is 0.338 e. The Kier molecular flexibility index (Phi) is 6.28. The molecule has 0 saturated carbocycles. The molecule has 0 unspecified atom stereocenters. The summed E-state index contributed by atoms with van der Waals surface area (Å²) in [6.45, 7) is 1.39. The maximum atomic E-state index is 13.9. The molecule has 29 heavy (non-hydrogen) atoms. The molecular formula is C20H21FN4O4. The Morgan fingerprint density at radius 1 is 1.03 bits per heavy atom. The molecule has 2 aromatic rings. The van der Waals surface area contributed by atoms with Gasteiger partial charge in [0.25, 0.3) is 5.91 Å². The zero-order valence-electron chi connectivity index (χ0n) is 15.6. The molecule has 1 fully saturated rings. The molecule has 1 saturated heterocycles. The number of piperazine rings is 1. The Morgan fingerprint density at radius 2 is 1.76 bits per heavy atom. The van der Waals surface area contributed by atoms with E-state index in [2.05, 4.69) is 5.32 Å². The number of halogens is 1. The number of para-hydroxylation sites is 1. The SMILES string of the molecule is NC(=O)Nc1cccc(C(=O)OCC(=O)N2CCN(c3ccccc3F)CC2)c1. The average Bonchev–Trinajstić information content (AvgIpc) is 2.72. The molecule has 152 valence electrons. The van der Waals surface area contributed by atoms with Crippen molar-refractivity contribution in [2.45, 2.75) is 0 Å². The minimum Gasteiger partial charge on any atom is -0.452 e. The summed E-state index contributed by atoms with van der Waals surface area (Å²) in [5, 5.41) is 2.36. The lowest BCUT2D eigenvalue weighted by atomic mass is 10.2. The molecule has 0 aliphatic carbocycles. The van der Waals surface area contributed by atoms with E-state index in [1.165, 1.54) is 18.2 Å². The summed E-state index contributed by atoms with van der Waals surface area (Å²) in [4.78, 5) is 38.8. The van der Waals surface area contributed by atoms with Crippen molar-refractivity contribution >= 4 is 29.3 Å². The molecule has 3 amide bonds. The van der Waals surface area contributed by atoms with Crippen molar-refractivity contribution in [1.29, 1.82) is 0 Å². The lowest BCUT2D eigenvalue weighted by molar-refractivity contribution is -0.134. The fourth-order valence-corrected chi connectivity index (χ4v) is 3.07. The van der Waals surface area contributed by atoms with E-state index in [0.29, 0.717) is 37.6 Å². The standard InChI is InChI=1S/C20H21FN4O4/c21-16-6-1-2-7-17(16)24-8-10-25(11-9-24)18(26)13-29-19(27)14-4-3-5-15(12-14)23-20(22)28/h1-7,12H,8-11,13H2,(H3,22,23,28). The van der Waals surface area contributed by atoms with E-state index in [9.17, 15) is 18.8 Å². The molecule has 0 spiro atoms. The van der Waals surface area contributed by atoms with Crippen molar-refractivity contribution in [1.82, 2.24) is 4.90 Å². The van der Waals surface area contributed by atoms with Crippen LogP contribution in [0.2, 0.25) is 0 Å². The van der Waals surface area contributed by atoms with Gasteiger partial charge in [-0.25, -0.2) is 14.0 Å². The van der Waals surface area contributed by atoms with Crippen LogP contribution in [-0.4, -0.2) is 55.6 Å². The minimum absolute atomic E-state index is 0.188. The predicted octanol–water partition coefficient (Wildman–Crippen LogP) is 1.82. The maximum absolute atomic E-state index is 13.9. The first-order valence-corrected chi connectivity index (χ1v) is 9.05. The summed E-state index contributed by atoms with van der Waals surface area (Å²) >= 11 is 0. The third-order valence-corrected chi connectivity index (χ3v) is 4.52. The Bertz CT molecular complexity index is 913. The van der Waals surface area contributed by atoms with Gasteiger partial charge in [-0.2, -0.15) is 0 Å². The lowest BCUT2D eigenvalue weighted by Gasteiger charge is -2.36. The highest BCUT2D eigenvalue weighted by molar-refractivity contribution is 5.94. The van der Waals surface area contributed by atoms with Crippen molar-refractivity contribution in [2.24, 2.45) is 5.73 Å². The van der Waals surface area contributed by atoms with Gasteiger partial charge in [-0.05, 0) is 30.3 Å². The highest BCUT2D eigenvalue weighted by Gasteiger charge is 2.23. The molecule has 3 rings (SSSR count). The summed E-state index contributed by atoms with van der Waals surface area (Å²) < 4.78 is 19.0. The maximum Gasteiger partial charge on any atom is 0.338 e. The zero-order valence-corrected chi connectivity index (χ0v) is 15.6. The number of urea groups is 1. The van der Waals surface area contributed by atoms with Crippen molar-refractivity contribution in [3.05, 3.63) is 59.9 Å². The van der Waals surface area contributed by atoms with Gasteiger partial charge < -0.3 is 25.6 Å². The molecule has 0 atom stereocenters. The number of hydrogen-bond donors (Lipinski definition) is 2. The van der Waals surface area contributed by atoms with E-state index in [4.69, 9.17) is 10.5 Å². The van der Waals surface area contributed by atoms with Gasteiger partial charge in [0.1, 0.15) is 5.82 Å². The number of esters is 1. The molecule has 9 heteroatoms. The van der Waals surface area contributed by atoms with Crippen LogP contribution in [0, 0.1) is 5.82 Å². The van der Waals surface area contributed by atoms with Crippen LogP contribution in [0.25, 0.3) is 0 Å². The van der Waals surface area contributed by atoms with Crippen LogP contribution in [-0.2, 0) is 9.53 Å². The summed E-state index contributed by atoms with van der Waals surface area (Å²) in [6, 6.07) is 11.8. The molecule has 0 radical (unpaired) electrons. The van der Waals surface area contributed by atoms with Gasteiger partial charge in [-0.1, -0.05) is 18.2 Å². The Balaban J connectivity index is 1.49. The van der Waals surface area contributed by atoms with Gasteiger partial charge in [0.15, 0.2) is 6.61 Å². The Labute approximate surface area is 167 Å². The minimum atomic E-state index is -0.750. The molecule has 8 nitrogen and oxygen atoms in total. The van der Waals surface area contributed by atoms with Crippen molar-refractivity contribution in [3.8, 4) is 0 Å². The number of rotatable bonds is 5. The fourth-order valence-electron chi connectivity index (χ4n) is 3.07. The number of primary amides is 1. The Morgan fingerprint density at radius 3 is 2.45 bits per heavy atom. The third kappa shape index (κ3) is 5.22. The quantitative estimate of drug-likeness (QED) is 0.745. The van der Waals surface area contributed by atoms with Gasteiger partial charge in [0.2, 0.25) is 0 Å². The van der Waals surface area contributed by atoms with E-state index >= 15 is 0 Å². The second-order valence-electron chi connectivity index (χ2n) is 6.47. The number of anilines is 2. The van der Waals surface area contributed by atoms with E-state index in [-0.39, 0.29) is 17.3 Å². The topological polar surface area (TPSA) is 105 Å². The first-order chi connectivity index (χ1) is 13.9. The number of benzene rings is 2. The molecule has 1 heterocycles. The largest absolute Gasteiger partial charge is 0.452 e. The third-order valence-electron chi connectivity index (χ3n) is 4.52. The number of ether oxygens (including phenoxy) is 1. The van der Waals surface area contributed by atoms with Crippen LogP contribution in [0.1, 0.15) is 10.4 Å². The van der Waals surface area contributed by atoms with E-state index in [1.807, 2.05) is 4.90 Å². The summed E-state index contributed by atoms with van der Waals surface area (Å²) in [5.41, 5.74) is 6.09. The van der Waals surface area contributed by atoms with Gasteiger partial charge >= 0.3 is 12.0 Å². The van der Waals surface area contributed by atoms with Crippen molar-refractivity contribution in [3.63, 3.8) is 0 Å². The molecule has 3 N–H and O–H groups in total. The highest BCUT2D eigenvalue weighted by atomic mass is 19.1. The van der Waals surface area contributed by atoms with Crippen LogP contribution < -0.4 is 16.0 Å². The number of nitrogens with two attached hydrogens (primary N) is 1. The van der Waals surface area contributed by atoms with Crippen molar-refractivity contribution in [2.75, 3.05) is 43.0 Å². The predicted molar refractivity (Wildman–Crippen MR) is 105 cm³/mol. The fraction of sp³-hybridized carbons (Fsp3) is 0.250. The van der Waals surface area contributed by atoms with Gasteiger partial charge in [0.05, 0.1) is 11.3 Å². The normalized spacial score (nSPS) is 13.7. The van der Waals surface area contributed by atoms with Crippen LogP contribution in [0.3, 0.4) is 0 Å². The number of carbonyl (C=O) groups is 3. The number of hydrogen-bond acceptors (Lipinski definition) is 5. The second-order valence-corrected chi connectivity index (χ2v) is 6.47. The molecule has 0 aromatic heterocycles. The number of carbonyl (C=O) groups excluding carboxylic acids is 3. The van der Waals surface area contributed by atoms with Crippen LogP contribution in [0.15, 0.2) is 48.5 Å². The molecule has 0 bridgehead atoms. The molecule has 1 aliphatic heterocycles. The van der Waals surface area contributed by atoms with Crippen molar-refractivity contribution < 1.29 is 23.5 Å². The van der Waals surface area contributed by atoms with E-state index < -0.39 is 18.6 Å². The molecular weight excluding hydrogens is 379 g/mol. The average molecular weight is 400 g/mol. The zero-order chi connectivity index (χ0) is 20.8. The van der Waals surface area contributed by atoms with Crippen LogP contribution in [0.5, 0.6) is 0 Å². The molecule has 1 aliphatic rings. The second kappa shape index (κ2) is 9.05. The number of nitrogens with one attached hydrogen (secondary N) is 1. The summed E-state index contributed by atoms with van der Waals surface area (Å²) in [7, 11) is 0. The Hall–Kier alpha value is -3.62. The first-order valence-electron chi connectivity index (χ1n) is 9.05. The number of nitrogens with zero attached hydrogens (tertiary/aromatic N) is 2. The van der Waals surface area contributed by atoms with E-state index in [1.54, 1.807) is 35.2 Å². The highest BCUT2D eigenvalue weighted by Crippen LogP contribution is 2.20. The summed E-state index contributed by atoms with van der Waals surface area (Å²) in [5.74, 6) is -1.30. The first kappa shape index (κ1) is 20.1. The van der Waals surface area contributed by atoms with Gasteiger partial charge in [-0.15, -0.1) is 0 Å². The van der Waals surface area contributed by atoms with Gasteiger partial charge in [-0.3, -0.25) is 4.79 Å². The van der Waals surface area contributed by atoms with Gasteiger partial charge in [0, 0.05) is 31.9 Å². The van der Waals surface area contributed by atoms with Crippen LogP contribution in [0.4, 0.5) is 20.6 Å². The number of amides is 3.